The van der Waals surface area contributed by atoms with Crippen molar-refractivity contribution in [3.05, 3.63) is 18.1 Å². The van der Waals surface area contributed by atoms with Gasteiger partial charge in [-0.2, -0.15) is 14.6 Å². The molecule has 0 bridgehead atoms. The van der Waals surface area contributed by atoms with E-state index < -0.39 is 0 Å². The van der Waals surface area contributed by atoms with Crippen LogP contribution >= 0.6 is 0 Å². The van der Waals surface area contributed by atoms with Crippen molar-refractivity contribution in [2.45, 2.75) is 46.3 Å². The number of anilines is 1. The summed E-state index contributed by atoms with van der Waals surface area (Å²) in [5, 5.41) is 7.70. The lowest BCUT2D eigenvalue weighted by atomic mass is 10.0. The van der Waals surface area contributed by atoms with Gasteiger partial charge in [0.1, 0.15) is 12.1 Å². The van der Waals surface area contributed by atoms with Gasteiger partial charge in [-0.3, -0.25) is 0 Å². The predicted molar refractivity (Wildman–Crippen MR) is 78.7 cm³/mol. The van der Waals surface area contributed by atoms with Gasteiger partial charge in [-0.15, -0.1) is 0 Å². The Morgan fingerprint density at radius 3 is 2.80 bits per heavy atom. The van der Waals surface area contributed by atoms with Crippen molar-refractivity contribution in [1.29, 1.82) is 0 Å². The van der Waals surface area contributed by atoms with Gasteiger partial charge in [-0.1, -0.05) is 13.8 Å². The summed E-state index contributed by atoms with van der Waals surface area (Å²) in [4.78, 5) is 8.54. The first-order chi connectivity index (χ1) is 9.60. The lowest BCUT2D eigenvalue weighted by molar-refractivity contribution is 0.181. The molecule has 6 nitrogen and oxygen atoms in total. The molecule has 2 heterocycles. The Bertz CT molecular complexity index is 551. The van der Waals surface area contributed by atoms with Crippen LogP contribution in [0, 0.1) is 5.92 Å². The number of aromatic nitrogens is 4. The smallest absolute Gasteiger partial charge is 0.254 e. The number of hydrogen-bond acceptors (Lipinski definition) is 5. The minimum atomic E-state index is 0.377. The number of hydrogen-bond donors (Lipinski definition) is 1. The summed E-state index contributed by atoms with van der Waals surface area (Å²) >= 11 is 0. The van der Waals surface area contributed by atoms with Crippen LogP contribution < -0.4 is 5.32 Å². The predicted octanol–water partition coefficient (Wildman–Crippen LogP) is 2.51. The monoisotopic (exact) mass is 277 g/mol. The first-order valence-corrected chi connectivity index (χ1v) is 7.05. The largest absolute Gasteiger partial charge is 0.378 e. The van der Waals surface area contributed by atoms with Gasteiger partial charge in [-0.25, -0.2) is 4.98 Å². The molecule has 1 atom stereocenters. The fraction of sp³-hybridized carbons (Fsp3) is 0.643. The number of ether oxygens (including phenoxy) is 1. The van der Waals surface area contributed by atoms with Crippen molar-refractivity contribution < 1.29 is 4.74 Å². The van der Waals surface area contributed by atoms with Crippen LogP contribution in [0.3, 0.4) is 0 Å². The van der Waals surface area contributed by atoms with Gasteiger partial charge in [0.25, 0.3) is 5.78 Å². The van der Waals surface area contributed by atoms with E-state index in [1.165, 1.54) is 12.7 Å². The SMILES string of the molecule is COCc1cc(NC(C)CCC(C)C)n2ncnc2n1. The van der Waals surface area contributed by atoms with Crippen molar-refractivity contribution in [2.24, 2.45) is 5.92 Å². The van der Waals surface area contributed by atoms with Crippen molar-refractivity contribution in [2.75, 3.05) is 12.4 Å². The Labute approximate surface area is 119 Å². The van der Waals surface area contributed by atoms with E-state index in [0.717, 1.165) is 17.9 Å². The third kappa shape index (κ3) is 3.66. The maximum absolute atomic E-state index is 5.14. The van der Waals surface area contributed by atoms with Crippen LogP contribution in [0.1, 0.15) is 39.3 Å². The third-order valence-electron chi connectivity index (χ3n) is 3.17. The summed E-state index contributed by atoms with van der Waals surface area (Å²) in [5.74, 6) is 2.22. The van der Waals surface area contributed by atoms with E-state index in [-0.39, 0.29) is 0 Å². The molecule has 0 spiro atoms. The van der Waals surface area contributed by atoms with Crippen LogP contribution in [0.4, 0.5) is 5.82 Å². The van der Waals surface area contributed by atoms with E-state index in [0.29, 0.717) is 24.3 Å². The molecule has 0 aromatic carbocycles. The topological polar surface area (TPSA) is 64.3 Å². The Balaban J connectivity index is 2.16. The minimum Gasteiger partial charge on any atom is -0.378 e. The van der Waals surface area contributed by atoms with Crippen LogP contribution in [0.15, 0.2) is 12.4 Å². The van der Waals surface area contributed by atoms with Crippen molar-refractivity contribution in [3.63, 3.8) is 0 Å². The van der Waals surface area contributed by atoms with Gasteiger partial charge in [-0.05, 0) is 25.7 Å². The fourth-order valence-corrected chi connectivity index (χ4v) is 2.09. The summed E-state index contributed by atoms with van der Waals surface area (Å²) in [6.45, 7) is 7.14. The molecule has 0 fully saturated rings. The summed E-state index contributed by atoms with van der Waals surface area (Å²) in [6, 6.07) is 2.35. The average molecular weight is 277 g/mol. The summed E-state index contributed by atoms with van der Waals surface area (Å²) in [6.07, 6.45) is 3.84. The van der Waals surface area contributed by atoms with E-state index in [1.54, 1.807) is 11.6 Å². The zero-order valence-electron chi connectivity index (χ0n) is 12.6. The van der Waals surface area contributed by atoms with E-state index in [1.807, 2.05) is 6.07 Å². The maximum Gasteiger partial charge on any atom is 0.254 e. The first-order valence-electron chi connectivity index (χ1n) is 7.05. The zero-order valence-corrected chi connectivity index (χ0v) is 12.6. The lowest BCUT2D eigenvalue weighted by Crippen LogP contribution is -2.19. The highest BCUT2D eigenvalue weighted by Crippen LogP contribution is 2.15. The molecule has 2 aromatic rings. The fourth-order valence-electron chi connectivity index (χ4n) is 2.09. The summed E-state index contributed by atoms with van der Waals surface area (Å²) in [7, 11) is 1.66. The van der Waals surface area contributed by atoms with Crippen LogP contribution in [0.5, 0.6) is 0 Å². The molecular weight excluding hydrogens is 254 g/mol. The molecule has 2 aromatic heterocycles. The van der Waals surface area contributed by atoms with Gasteiger partial charge in [0, 0.05) is 19.2 Å². The second-order valence-corrected chi connectivity index (χ2v) is 5.55. The highest BCUT2D eigenvalue weighted by molar-refractivity contribution is 5.45. The summed E-state index contributed by atoms with van der Waals surface area (Å²) in [5.41, 5.74) is 0.853. The van der Waals surface area contributed by atoms with Crippen LogP contribution in [0.25, 0.3) is 5.78 Å². The maximum atomic E-state index is 5.14. The average Bonchev–Trinajstić information content (AvgIpc) is 2.85. The Kier molecular flexibility index (Phi) is 4.89. The molecule has 0 radical (unpaired) electrons. The molecule has 0 saturated carbocycles. The second-order valence-electron chi connectivity index (χ2n) is 5.55. The van der Waals surface area contributed by atoms with E-state index in [9.17, 15) is 0 Å². The number of nitrogens with one attached hydrogen (secondary N) is 1. The minimum absolute atomic E-state index is 0.377. The number of methoxy groups -OCH3 is 1. The second kappa shape index (κ2) is 6.65. The number of fused-ring (bicyclic) bond motifs is 1. The molecule has 0 amide bonds. The van der Waals surface area contributed by atoms with Crippen LogP contribution in [-0.2, 0) is 11.3 Å². The highest BCUT2D eigenvalue weighted by Gasteiger charge is 2.10. The Morgan fingerprint density at radius 2 is 2.10 bits per heavy atom. The Morgan fingerprint density at radius 1 is 1.30 bits per heavy atom. The van der Waals surface area contributed by atoms with Crippen LogP contribution in [-0.4, -0.2) is 32.7 Å². The highest BCUT2D eigenvalue weighted by atomic mass is 16.5. The molecule has 0 aliphatic heterocycles. The lowest BCUT2D eigenvalue weighted by Gasteiger charge is -2.17. The van der Waals surface area contributed by atoms with Crippen molar-refractivity contribution >= 4 is 11.6 Å². The molecule has 2 rings (SSSR count). The van der Waals surface area contributed by atoms with Gasteiger partial charge >= 0.3 is 0 Å². The molecule has 1 N–H and O–H groups in total. The first kappa shape index (κ1) is 14.7. The zero-order chi connectivity index (χ0) is 14.5. The normalized spacial score (nSPS) is 13.1. The molecule has 0 aliphatic carbocycles. The molecule has 0 aliphatic rings. The van der Waals surface area contributed by atoms with Crippen molar-refractivity contribution in [1.82, 2.24) is 19.6 Å². The molecule has 20 heavy (non-hydrogen) atoms. The van der Waals surface area contributed by atoms with E-state index in [2.05, 4.69) is 41.2 Å². The van der Waals surface area contributed by atoms with E-state index >= 15 is 0 Å². The molecule has 6 heteroatoms. The molecule has 110 valence electrons. The van der Waals surface area contributed by atoms with Gasteiger partial charge in [0.15, 0.2) is 0 Å². The van der Waals surface area contributed by atoms with Gasteiger partial charge < -0.3 is 10.1 Å². The van der Waals surface area contributed by atoms with Crippen LogP contribution in [0.2, 0.25) is 0 Å². The standard InChI is InChI=1S/C14H23N5O/c1-10(2)5-6-11(3)17-13-7-12(8-20-4)18-14-15-9-16-19(13)14/h7,9-11,17H,5-6,8H2,1-4H3. The molecule has 0 saturated heterocycles. The molecular formula is C14H23N5O. The van der Waals surface area contributed by atoms with Gasteiger partial charge in [0.05, 0.1) is 12.3 Å². The quantitative estimate of drug-likeness (QED) is 0.842. The Hall–Kier alpha value is -1.69. The summed E-state index contributed by atoms with van der Waals surface area (Å²) < 4.78 is 6.87. The number of nitrogens with zero attached hydrogens (tertiary/aromatic N) is 4. The molecule has 1 unspecified atom stereocenters. The number of rotatable bonds is 7. The third-order valence-corrected chi connectivity index (χ3v) is 3.17. The van der Waals surface area contributed by atoms with Gasteiger partial charge in [0.2, 0.25) is 0 Å². The van der Waals surface area contributed by atoms with Crippen molar-refractivity contribution in [3.8, 4) is 0 Å². The van der Waals surface area contributed by atoms with E-state index in [4.69, 9.17) is 4.74 Å².